The predicted octanol–water partition coefficient (Wildman–Crippen LogP) is 4.80. The Hall–Kier alpha value is -2.38. The Balaban J connectivity index is 1.69. The molecule has 2 aromatic carbocycles. The van der Waals surface area contributed by atoms with E-state index in [-0.39, 0.29) is 10.9 Å². The summed E-state index contributed by atoms with van der Waals surface area (Å²) in [5.74, 6) is 0.159. The van der Waals surface area contributed by atoms with Gasteiger partial charge in [0.25, 0.3) is 0 Å². The summed E-state index contributed by atoms with van der Waals surface area (Å²) in [4.78, 5) is 12.5. The van der Waals surface area contributed by atoms with Crippen LogP contribution in [-0.2, 0) is 17.8 Å². The van der Waals surface area contributed by atoms with Crippen LogP contribution in [0.3, 0.4) is 0 Å². The molecule has 8 heteroatoms. The van der Waals surface area contributed by atoms with Crippen molar-refractivity contribution in [3.8, 4) is 0 Å². The van der Waals surface area contributed by atoms with E-state index in [0.29, 0.717) is 23.8 Å². The van der Waals surface area contributed by atoms with Crippen molar-refractivity contribution in [2.45, 2.75) is 37.2 Å². The van der Waals surface area contributed by atoms with E-state index in [1.54, 1.807) is 6.92 Å². The fourth-order valence-corrected chi connectivity index (χ4v) is 3.82. The van der Waals surface area contributed by atoms with E-state index in [2.05, 4.69) is 15.5 Å². The normalized spacial score (nSPS) is 12.0. The van der Waals surface area contributed by atoms with Crippen LogP contribution < -0.4 is 5.32 Å². The zero-order valence-corrected chi connectivity index (χ0v) is 17.1. The van der Waals surface area contributed by atoms with Crippen molar-refractivity contribution in [2.24, 2.45) is 0 Å². The summed E-state index contributed by atoms with van der Waals surface area (Å²) in [5.41, 5.74) is 1.53. The lowest BCUT2D eigenvalue weighted by Crippen LogP contribution is -2.23. The molecule has 146 valence electrons. The highest BCUT2D eigenvalue weighted by atomic mass is 35.5. The maximum atomic E-state index is 13.2. The Labute approximate surface area is 172 Å². The Morgan fingerprint density at radius 2 is 2.00 bits per heavy atom. The number of carbonyl (C=O) groups is 1. The topological polar surface area (TPSA) is 59.8 Å². The van der Waals surface area contributed by atoms with Gasteiger partial charge in [0.2, 0.25) is 5.91 Å². The van der Waals surface area contributed by atoms with Crippen LogP contribution in [0.15, 0.2) is 53.7 Å². The second kappa shape index (κ2) is 9.21. The van der Waals surface area contributed by atoms with Crippen molar-refractivity contribution in [1.82, 2.24) is 14.8 Å². The van der Waals surface area contributed by atoms with E-state index in [9.17, 15) is 9.18 Å². The maximum Gasteiger partial charge on any atom is 0.237 e. The number of carbonyl (C=O) groups excluding carboxylic acids is 1. The number of hydrogen-bond donors (Lipinski definition) is 1. The van der Waals surface area contributed by atoms with Crippen molar-refractivity contribution < 1.29 is 9.18 Å². The first kappa shape index (κ1) is 20.4. The lowest BCUT2D eigenvalue weighted by atomic mass is 10.1. The number of halogens is 2. The summed E-state index contributed by atoms with van der Waals surface area (Å²) in [7, 11) is 0. The summed E-state index contributed by atoms with van der Waals surface area (Å²) >= 11 is 7.30. The van der Waals surface area contributed by atoms with Crippen LogP contribution >= 0.6 is 23.4 Å². The first-order valence-corrected chi connectivity index (χ1v) is 10.1. The molecule has 0 unspecified atom stereocenters. The molecule has 0 radical (unpaired) electrons. The minimum absolute atomic E-state index is 0.160. The first-order chi connectivity index (χ1) is 13.5. The third-order valence-electron chi connectivity index (χ3n) is 4.16. The predicted molar refractivity (Wildman–Crippen MR) is 110 cm³/mol. The number of benzene rings is 2. The fraction of sp³-hybridized carbons (Fsp3) is 0.250. The van der Waals surface area contributed by atoms with Gasteiger partial charge in [0.1, 0.15) is 11.6 Å². The fourth-order valence-electron chi connectivity index (χ4n) is 2.67. The maximum absolute atomic E-state index is 13.2. The number of nitrogens with zero attached hydrogens (tertiary/aromatic N) is 3. The molecular weight excluding hydrogens is 399 g/mol. The molecule has 1 atom stereocenters. The molecular formula is C20H20ClFN4OS. The largest absolute Gasteiger partial charge is 0.324 e. The van der Waals surface area contributed by atoms with Crippen molar-refractivity contribution in [1.29, 1.82) is 0 Å². The van der Waals surface area contributed by atoms with Crippen LogP contribution in [0, 0.1) is 5.82 Å². The molecule has 0 saturated heterocycles. The molecule has 3 aromatic rings. The highest BCUT2D eigenvalue weighted by molar-refractivity contribution is 8.00. The summed E-state index contributed by atoms with van der Waals surface area (Å²) in [5, 5.41) is 11.7. The highest BCUT2D eigenvalue weighted by Crippen LogP contribution is 2.27. The van der Waals surface area contributed by atoms with Gasteiger partial charge in [-0.2, -0.15) is 0 Å². The second-order valence-corrected chi connectivity index (χ2v) is 7.89. The molecule has 0 spiro atoms. The van der Waals surface area contributed by atoms with Gasteiger partial charge in [-0.3, -0.25) is 4.79 Å². The van der Waals surface area contributed by atoms with Crippen LogP contribution in [0.25, 0.3) is 0 Å². The van der Waals surface area contributed by atoms with Crippen LogP contribution in [0.5, 0.6) is 0 Å². The van der Waals surface area contributed by atoms with E-state index in [4.69, 9.17) is 11.6 Å². The van der Waals surface area contributed by atoms with E-state index in [0.717, 1.165) is 11.4 Å². The Morgan fingerprint density at radius 3 is 2.68 bits per heavy atom. The second-order valence-electron chi connectivity index (χ2n) is 6.18. The van der Waals surface area contributed by atoms with E-state index >= 15 is 0 Å². The van der Waals surface area contributed by atoms with E-state index < -0.39 is 11.1 Å². The van der Waals surface area contributed by atoms with Gasteiger partial charge in [0, 0.05) is 13.0 Å². The minimum atomic E-state index is -0.451. The number of amides is 1. The lowest BCUT2D eigenvalue weighted by molar-refractivity contribution is -0.115. The number of hydrogen-bond acceptors (Lipinski definition) is 4. The van der Waals surface area contributed by atoms with Gasteiger partial charge in [-0.15, -0.1) is 10.2 Å². The lowest BCUT2D eigenvalue weighted by Gasteiger charge is -2.13. The zero-order chi connectivity index (χ0) is 20.1. The highest BCUT2D eigenvalue weighted by Gasteiger charge is 2.20. The molecule has 0 bridgehead atoms. The molecule has 1 N–H and O–H groups in total. The molecule has 1 heterocycles. The minimum Gasteiger partial charge on any atom is -0.324 e. The van der Waals surface area contributed by atoms with Crippen molar-refractivity contribution in [3.05, 3.63) is 70.8 Å². The van der Waals surface area contributed by atoms with Crippen LogP contribution in [0.2, 0.25) is 5.02 Å². The van der Waals surface area contributed by atoms with Gasteiger partial charge in [-0.25, -0.2) is 4.39 Å². The average Bonchev–Trinajstić information content (AvgIpc) is 3.05. The number of nitrogens with one attached hydrogen (secondary N) is 1. The van der Waals surface area contributed by atoms with Crippen molar-refractivity contribution in [2.75, 3.05) is 5.32 Å². The molecule has 28 heavy (non-hydrogen) atoms. The smallest absolute Gasteiger partial charge is 0.237 e. The van der Waals surface area contributed by atoms with Crippen molar-refractivity contribution >= 4 is 35.0 Å². The Bertz CT molecular complexity index is 964. The Kier molecular flexibility index (Phi) is 6.70. The summed E-state index contributed by atoms with van der Waals surface area (Å²) in [6.07, 6.45) is 0.675. The van der Waals surface area contributed by atoms with Crippen molar-refractivity contribution in [3.63, 3.8) is 0 Å². The molecule has 3 rings (SSSR count). The first-order valence-electron chi connectivity index (χ1n) is 8.86. The average molecular weight is 419 g/mol. The number of aromatic nitrogens is 3. The standard InChI is InChI=1S/C20H20ClFN4OS/c1-3-26-18(11-14-7-5-4-6-8-14)24-25-20(26)28-13(2)19(27)23-17-10-9-15(22)12-16(17)21/h4-10,12-13H,3,11H2,1-2H3,(H,23,27)/t13-/m0/s1. The molecule has 1 aromatic heterocycles. The van der Waals surface area contributed by atoms with E-state index in [1.807, 2.05) is 41.8 Å². The molecule has 0 aliphatic heterocycles. The van der Waals surface area contributed by atoms with Crippen LogP contribution in [0.4, 0.5) is 10.1 Å². The molecule has 0 fully saturated rings. The van der Waals surface area contributed by atoms with Gasteiger partial charge < -0.3 is 9.88 Å². The SMILES string of the molecule is CCn1c(Cc2ccccc2)nnc1S[C@@H](C)C(=O)Nc1ccc(F)cc1Cl. The van der Waals surface area contributed by atoms with Gasteiger partial charge in [0.15, 0.2) is 5.16 Å². The zero-order valence-electron chi connectivity index (χ0n) is 15.5. The third kappa shape index (κ3) is 4.91. The molecule has 0 saturated carbocycles. The Morgan fingerprint density at radius 1 is 1.25 bits per heavy atom. The summed E-state index contributed by atoms with van der Waals surface area (Å²) in [6, 6.07) is 13.9. The third-order valence-corrected chi connectivity index (χ3v) is 5.55. The van der Waals surface area contributed by atoms with Gasteiger partial charge in [-0.05, 0) is 37.6 Å². The van der Waals surface area contributed by atoms with E-state index in [1.165, 1.54) is 30.0 Å². The molecule has 5 nitrogen and oxygen atoms in total. The number of anilines is 1. The van der Waals surface area contributed by atoms with Crippen LogP contribution in [-0.4, -0.2) is 25.9 Å². The van der Waals surface area contributed by atoms with Gasteiger partial charge in [-0.1, -0.05) is 53.7 Å². The van der Waals surface area contributed by atoms with Gasteiger partial charge in [0.05, 0.1) is 16.0 Å². The monoisotopic (exact) mass is 418 g/mol. The van der Waals surface area contributed by atoms with Gasteiger partial charge >= 0.3 is 0 Å². The molecule has 1 amide bonds. The summed E-state index contributed by atoms with van der Waals surface area (Å²) in [6.45, 7) is 4.50. The quantitative estimate of drug-likeness (QED) is 0.560. The number of rotatable bonds is 7. The molecule has 0 aliphatic rings. The number of thioether (sulfide) groups is 1. The summed E-state index contributed by atoms with van der Waals surface area (Å²) < 4.78 is 15.2. The van der Waals surface area contributed by atoms with Crippen LogP contribution in [0.1, 0.15) is 25.2 Å². The molecule has 0 aliphatic carbocycles.